The van der Waals surface area contributed by atoms with Gasteiger partial charge in [0.2, 0.25) is 5.95 Å². The summed E-state index contributed by atoms with van der Waals surface area (Å²) in [5.74, 6) is -2.21. The van der Waals surface area contributed by atoms with Crippen molar-refractivity contribution in [1.29, 1.82) is 0 Å². The van der Waals surface area contributed by atoms with Crippen molar-refractivity contribution in [3.05, 3.63) is 70.4 Å². The number of aromatic nitrogens is 4. The first-order valence-corrected chi connectivity index (χ1v) is 7.52. The van der Waals surface area contributed by atoms with E-state index in [-0.39, 0.29) is 23.6 Å². The minimum absolute atomic E-state index is 0.113. The summed E-state index contributed by atoms with van der Waals surface area (Å²) >= 11 is 0. The van der Waals surface area contributed by atoms with E-state index in [0.29, 0.717) is 17.5 Å². The molecule has 0 bridgehead atoms. The highest BCUT2D eigenvalue weighted by atomic mass is 19.1. The van der Waals surface area contributed by atoms with E-state index in [1.165, 1.54) is 30.2 Å². The van der Waals surface area contributed by atoms with Crippen LogP contribution in [-0.2, 0) is 7.05 Å². The summed E-state index contributed by atoms with van der Waals surface area (Å²) in [7, 11) is 1.48. The fourth-order valence-electron chi connectivity index (χ4n) is 2.24. The number of Topliss-reactive ketones (excluding diaryl/α,β-unsaturated/α-hetero) is 1. The molecular formula is C17H13F2N5O2. The molecule has 3 aromatic rings. The van der Waals surface area contributed by atoms with Crippen LogP contribution in [0.2, 0.25) is 0 Å². The van der Waals surface area contributed by atoms with Crippen LogP contribution in [0.1, 0.15) is 10.4 Å². The number of ketones is 1. The monoisotopic (exact) mass is 357 g/mol. The molecule has 3 rings (SSSR count). The van der Waals surface area contributed by atoms with E-state index in [4.69, 9.17) is 0 Å². The van der Waals surface area contributed by atoms with Crippen LogP contribution >= 0.6 is 0 Å². The number of nitrogens with one attached hydrogen (secondary N) is 1. The number of anilines is 1. The molecule has 26 heavy (non-hydrogen) atoms. The highest BCUT2D eigenvalue weighted by molar-refractivity contribution is 5.99. The summed E-state index contributed by atoms with van der Waals surface area (Å²) in [6.45, 7) is -0.323. The molecule has 1 aromatic carbocycles. The highest BCUT2D eigenvalue weighted by Gasteiger charge is 2.14. The molecule has 0 aliphatic heterocycles. The molecule has 2 aromatic heterocycles. The summed E-state index contributed by atoms with van der Waals surface area (Å²) in [5, 5.41) is 2.70. The summed E-state index contributed by atoms with van der Waals surface area (Å²) < 4.78 is 27.8. The van der Waals surface area contributed by atoms with Gasteiger partial charge in [-0.2, -0.15) is 0 Å². The Kier molecular flexibility index (Phi) is 4.78. The minimum Gasteiger partial charge on any atom is -0.348 e. The fourth-order valence-corrected chi connectivity index (χ4v) is 2.24. The van der Waals surface area contributed by atoms with Crippen LogP contribution in [0.15, 0.2) is 47.7 Å². The van der Waals surface area contributed by atoms with Crippen molar-refractivity contribution < 1.29 is 13.6 Å². The van der Waals surface area contributed by atoms with Gasteiger partial charge in [0.25, 0.3) is 5.56 Å². The molecule has 9 heteroatoms. The van der Waals surface area contributed by atoms with E-state index >= 15 is 0 Å². The van der Waals surface area contributed by atoms with Crippen LogP contribution in [0.5, 0.6) is 0 Å². The summed E-state index contributed by atoms with van der Waals surface area (Å²) in [5.41, 5.74) is 0.127. The molecule has 0 amide bonds. The van der Waals surface area contributed by atoms with Crippen molar-refractivity contribution in [2.24, 2.45) is 7.05 Å². The molecule has 0 saturated heterocycles. The largest absolute Gasteiger partial charge is 0.348 e. The Balaban J connectivity index is 1.84. The SMILES string of the molecule is Cn1c(NCC(=O)c2ccc(F)cc2F)nc(-c2ccncn2)cc1=O. The number of nitrogens with zero attached hydrogens (tertiary/aromatic N) is 4. The second-order valence-corrected chi connectivity index (χ2v) is 5.36. The lowest BCUT2D eigenvalue weighted by atomic mass is 10.1. The van der Waals surface area contributed by atoms with Gasteiger partial charge < -0.3 is 5.32 Å². The number of benzene rings is 1. The van der Waals surface area contributed by atoms with E-state index in [1.807, 2.05) is 0 Å². The van der Waals surface area contributed by atoms with Crippen molar-refractivity contribution in [3.8, 4) is 11.4 Å². The van der Waals surface area contributed by atoms with Gasteiger partial charge in [-0.25, -0.2) is 23.7 Å². The van der Waals surface area contributed by atoms with Crippen molar-refractivity contribution >= 4 is 11.7 Å². The first kappa shape index (κ1) is 17.3. The van der Waals surface area contributed by atoms with E-state index < -0.39 is 17.4 Å². The third-order valence-electron chi connectivity index (χ3n) is 3.62. The van der Waals surface area contributed by atoms with E-state index in [9.17, 15) is 18.4 Å². The second-order valence-electron chi connectivity index (χ2n) is 5.36. The second kappa shape index (κ2) is 7.18. The number of hydrogen-bond acceptors (Lipinski definition) is 6. The zero-order valence-electron chi connectivity index (χ0n) is 13.6. The molecule has 0 saturated carbocycles. The number of hydrogen-bond donors (Lipinski definition) is 1. The van der Waals surface area contributed by atoms with Crippen molar-refractivity contribution in [1.82, 2.24) is 19.5 Å². The Labute approximate surface area is 146 Å². The maximum atomic E-state index is 13.7. The van der Waals surface area contributed by atoms with Gasteiger partial charge >= 0.3 is 0 Å². The first-order chi connectivity index (χ1) is 12.5. The molecule has 1 N–H and O–H groups in total. The standard InChI is InChI=1S/C17H13F2N5O2/c1-24-16(26)7-14(13-4-5-20-9-22-13)23-17(24)21-8-15(25)11-3-2-10(18)6-12(11)19/h2-7,9H,8H2,1H3,(H,21,23). The highest BCUT2D eigenvalue weighted by Crippen LogP contribution is 2.14. The lowest BCUT2D eigenvalue weighted by Gasteiger charge is -2.11. The molecule has 0 aliphatic rings. The Hall–Kier alpha value is -3.49. The van der Waals surface area contributed by atoms with Gasteiger partial charge in [0.05, 0.1) is 23.5 Å². The number of halogens is 2. The predicted octanol–water partition coefficient (Wildman–Crippen LogP) is 1.81. The lowest BCUT2D eigenvalue weighted by molar-refractivity contribution is 0.100. The average molecular weight is 357 g/mol. The average Bonchev–Trinajstić information content (AvgIpc) is 2.63. The quantitative estimate of drug-likeness (QED) is 0.701. The molecule has 0 aliphatic carbocycles. The topological polar surface area (TPSA) is 89.8 Å². The predicted molar refractivity (Wildman–Crippen MR) is 89.7 cm³/mol. The van der Waals surface area contributed by atoms with Crippen LogP contribution in [0.3, 0.4) is 0 Å². The summed E-state index contributed by atoms with van der Waals surface area (Å²) in [6, 6.07) is 5.59. The van der Waals surface area contributed by atoms with E-state index in [2.05, 4.69) is 20.3 Å². The van der Waals surface area contributed by atoms with Crippen molar-refractivity contribution in [3.63, 3.8) is 0 Å². The number of carbonyl (C=O) groups excluding carboxylic acids is 1. The Morgan fingerprint density at radius 3 is 2.69 bits per heavy atom. The third-order valence-corrected chi connectivity index (χ3v) is 3.62. The van der Waals surface area contributed by atoms with Crippen molar-refractivity contribution in [2.75, 3.05) is 11.9 Å². The summed E-state index contributed by atoms with van der Waals surface area (Å²) in [4.78, 5) is 36.3. The van der Waals surface area contributed by atoms with Crippen molar-refractivity contribution in [2.45, 2.75) is 0 Å². The molecule has 7 nitrogen and oxygen atoms in total. The van der Waals surface area contributed by atoms with Gasteiger partial charge in [0.15, 0.2) is 5.78 Å². The van der Waals surface area contributed by atoms with Crippen LogP contribution in [0.4, 0.5) is 14.7 Å². The number of rotatable bonds is 5. The molecule has 132 valence electrons. The zero-order chi connectivity index (χ0) is 18.7. The molecule has 0 radical (unpaired) electrons. The van der Waals surface area contributed by atoms with Gasteiger partial charge in [-0.05, 0) is 18.2 Å². The van der Waals surface area contributed by atoms with Crippen LogP contribution in [-0.4, -0.2) is 31.8 Å². The Morgan fingerprint density at radius 2 is 2.00 bits per heavy atom. The zero-order valence-corrected chi connectivity index (χ0v) is 13.6. The van der Waals surface area contributed by atoms with E-state index in [1.54, 1.807) is 6.07 Å². The number of carbonyl (C=O) groups is 1. The van der Waals surface area contributed by atoms with Crippen LogP contribution in [0, 0.1) is 11.6 Å². The normalized spacial score (nSPS) is 10.6. The first-order valence-electron chi connectivity index (χ1n) is 7.52. The molecular weight excluding hydrogens is 344 g/mol. The van der Waals surface area contributed by atoms with Gasteiger partial charge in [0.1, 0.15) is 18.0 Å². The summed E-state index contributed by atoms with van der Waals surface area (Å²) in [6.07, 6.45) is 2.83. The Morgan fingerprint density at radius 1 is 1.19 bits per heavy atom. The van der Waals surface area contributed by atoms with Crippen LogP contribution < -0.4 is 10.9 Å². The molecule has 0 spiro atoms. The Bertz CT molecular complexity index is 1020. The van der Waals surface area contributed by atoms with Gasteiger partial charge in [-0.15, -0.1) is 0 Å². The lowest BCUT2D eigenvalue weighted by Crippen LogP contribution is -2.25. The molecule has 0 fully saturated rings. The fraction of sp³-hybridized carbons (Fsp3) is 0.118. The molecule has 2 heterocycles. The maximum Gasteiger partial charge on any atom is 0.255 e. The molecule has 0 atom stereocenters. The smallest absolute Gasteiger partial charge is 0.255 e. The van der Waals surface area contributed by atoms with Gasteiger partial charge in [-0.1, -0.05) is 0 Å². The third kappa shape index (κ3) is 3.61. The van der Waals surface area contributed by atoms with Crippen LogP contribution in [0.25, 0.3) is 11.4 Å². The molecule has 0 unspecified atom stereocenters. The minimum atomic E-state index is -0.951. The van der Waals surface area contributed by atoms with Gasteiger partial charge in [-0.3, -0.25) is 14.2 Å². The van der Waals surface area contributed by atoms with Gasteiger partial charge in [0, 0.05) is 25.4 Å². The maximum absolute atomic E-state index is 13.7. The van der Waals surface area contributed by atoms with E-state index in [0.717, 1.165) is 12.1 Å².